The van der Waals surface area contributed by atoms with Gasteiger partial charge in [0.15, 0.2) is 0 Å². The van der Waals surface area contributed by atoms with Crippen LogP contribution in [0.25, 0.3) is 0 Å². The second-order valence-corrected chi connectivity index (χ2v) is 10.6. The fraction of sp³-hybridized carbons (Fsp3) is 0.306. The van der Waals surface area contributed by atoms with Crippen LogP contribution in [0.2, 0.25) is 0 Å². The summed E-state index contributed by atoms with van der Waals surface area (Å²) in [5, 5.41) is 11.9. The van der Waals surface area contributed by atoms with Gasteiger partial charge in [0.05, 0.1) is 39.5 Å². The second kappa shape index (κ2) is 15.7. The minimum absolute atomic E-state index is 0.103. The van der Waals surface area contributed by atoms with E-state index in [4.69, 9.17) is 23.7 Å². The molecule has 7 nitrogen and oxygen atoms in total. The van der Waals surface area contributed by atoms with Crippen molar-refractivity contribution in [2.45, 2.75) is 63.1 Å². The molecule has 0 unspecified atom stereocenters. The highest BCUT2D eigenvalue weighted by molar-refractivity contribution is 5.51. The number of benzene rings is 4. The highest BCUT2D eigenvalue weighted by Gasteiger charge is 2.56. The average Bonchev–Trinajstić information content (AvgIpc) is 3.05. The topological polar surface area (TPSA) is 83.5 Å². The molecule has 5 atom stereocenters. The third-order valence-electron chi connectivity index (χ3n) is 7.40. The first-order chi connectivity index (χ1) is 21.1. The van der Waals surface area contributed by atoms with E-state index in [1.807, 2.05) is 121 Å². The molecular weight excluding hydrogens is 544 g/mol. The van der Waals surface area contributed by atoms with Crippen molar-refractivity contribution in [2.24, 2.45) is 0 Å². The van der Waals surface area contributed by atoms with E-state index in [1.54, 1.807) is 0 Å². The van der Waals surface area contributed by atoms with Crippen molar-refractivity contribution < 1.29 is 33.6 Å². The molecule has 1 aliphatic heterocycles. The zero-order chi connectivity index (χ0) is 29.7. The van der Waals surface area contributed by atoms with Crippen LogP contribution in [0.5, 0.6) is 0 Å². The Morgan fingerprint density at radius 3 is 1.49 bits per heavy atom. The molecule has 0 aromatic heterocycles. The van der Waals surface area contributed by atoms with Gasteiger partial charge in [0.1, 0.15) is 30.7 Å². The third-order valence-corrected chi connectivity index (χ3v) is 7.40. The van der Waals surface area contributed by atoms with Crippen LogP contribution in [0.4, 0.5) is 0 Å². The maximum atomic E-state index is 11.9. The Bertz CT molecular complexity index is 1350. The summed E-state index contributed by atoms with van der Waals surface area (Å²) < 4.78 is 31.8. The summed E-state index contributed by atoms with van der Waals surface area (Å²) in [4.78, 5) is 11.9. The average molecular weight is 583 g/mol. The van der Waals surface area contributed by atoms with E-state index in [2.05, 4.69) is 0 Å². The van der Waals surface area contributed by atoms with E-state index < -0.39 is 30.2 Å². The Labute approximate surface area is 252 Å². The molecule has 0 aliphatic carbocycles. The van der Waals surface area contributed by atoms with Crippen molar-refractivity contribution in [3.05, 3.63) is 144 Å². The molecule has 1 aliphatic rings. The van der Waals surface area contributed by atoms with Crippen molar-refractivity contribution in [1.82, 2.24) is 0 Å². The summed E-state index contributed by atoms with van der Waals surface area (Å²) >= 11 is 0. The Kier molecular flexibility index (Phi) is 11.2. The van der Waals surface area contributed by atoms with Gasteiger partial charge in [-0.05, 0) is 22.3 Å². The number of ether oxygens (including phenoxy) is 5. The minimum Gasteiger partial charge on any atom is -0.374 e. The molecule has 0 bridgehead atoms. The molecular formula is C36H38O7. The van der Waals surface area contributed by atoms with Crippen LogP contribution >= 0.6 is 0 Å². The number of rotatable bonds is 15. The molecule has 1 fully saturated rings. The third kappa shape index (κ3) is 8.67. The standard InChI is InChI=1S/C36H38O7/c37-22-21-36(38)35(42-26-31-19-11-4-12-20-31)34(41-25-30-17-9-3-10-18-30)33(40-24-29-15-7-2-8-16-29)32(43-36)27-39-23-28-13-5-1-6-14-28/h1-20,22,32-35,38H,21,23-27H2/t32-,33-,34+,35-,36+/m1/s1. The summed E-state index contributed by atoms with van der Waals surface area (Å²) in [7, 11) is 0. The Hall–Kier alpha value is -3.69. The molecule has 1 saturated heterocycles. The molecule has 7 heteroatoms. The van der Waals surface area contributed by atoms with Crippen molar-refractivity contribution in [2.75, 3.05) is 6.61 Å². The summed E-state index contributed by atoms with van der Waals surface area (Å²) in [5.74, 6) is -1.97. The minimum atomic E-state index is -1.97. The lowest BCUT2D eigenvalue weighted by Gasteiger charge is -2.50. The normalized spacial score (nSPS) is 23.6. The number of aliphatic hydroxyl groups is 1. The van der Waals surface area contributed by atoms with Gasteiger partial charge < -0.3 is 33.6 Å². The predicted molar refractivity (Wildman–Crippen MR) is 162 cm³/mol. The highest BCUT2D eigenvalue weighted by Crippen LogP contribution is 2.37. The first-order valence-corrected chi connectivity index (χ1v) is 14.6. The Morgan fingerprint density at radius 2 is 1.02 bits per heavy atom. The lowest BCUT2D eigenvalue weighted by Crippen LogP contribution is -2.67. The van der Waals surface area contributed by atoms with Crippen LogP contribution in [0.3, 0.4) is 0 Å². The van der Waals surface area contributed by atoms with E-state index in [-0.39, 0.29) is 32.8 Å². The highest BCUT2D eigenvalue weighted by atomic mass is 16.7. The second-order valence-electron chi connectivity index (χ2n) is 10.6. The van der Waals surface area contributed by atoms with Gasteiger partial charge in [0.2, 0.25) is 5.79 Å². The van der Waals surface area contributed by atoms with Gasteiger partial charge >= 0.3 is 0 Å². The van der Waals surface area contributed by atoms with Crippen molar-refractivity contribution >= 4 is 6.29 Å². The molecule has 1 N–H and O–H groups in total. The predicted octanol–water partition coefficient (Wildman–Crippen LogP) is 5.64. The van der Waals surface area contributed by atoms with E-state index in [9.17, 15) is 9.90 Å². The summed E-state index contributed by atoms with van der Waals surface area (Å²) in [6.45, 7) is 1.17. The fourth-order valence-electron chi connectivity index (χ4n) is 5.22. The Morgan fingerprint density at radius 1 is 0.605 bits per heavy atom. The molecule has 4 aromatic rings. The molecule has 0 radical (unpaired) electrons. The van der Waals surface area contributed by atoms with Crippen LogP contribution in [-0.2, 0) is 54.9 Å². The van der Waals surface area contributed by atoms with Gasteiger partial charge in [-0.15, -0.1) is 0 Å². The number of hydrogen-bond donors (Lipinski definition) is 1. The lowest BCUT2D eigenvalue weighted by atomic mass is 9.90. The van der Waals surface area contributed by atoms with Gasteiger partial charge in [-0.2, -0.15) is 0 Å². The zero-order valence-electron chi connectivity index (χ0n) is 24.1. The molecule has 0 saturated carbocycles. The largest absolute Gasteiger partial charge is 0.374 e. The van der Waals surface area contributed by atoms with Crippen LogP contribution < -0.4 is 0 Å². The first-order valence-electron chi connectivity index (χ1n) is 14.6. The van der Waals surface area contributed by atoms with E-state index in [0.29, 0.717) is 12.9 Å². The summed E-state index contributed by atoms with van der Waals surface area (Å²) in [6, 6.07) is 39.0. The molecule has 5 rings (SSSR count). The van der Waals surface area contributed by atoms with E-state index in [0.717, 1.165) is 22.3 Å². The molecule has 4 aromatic carbocycles. The summed E-state index contributed by atoms with van der Waals surface area (Å²) in [5.41, 5.74) is 3.84. The molecule has 1 heterocycles. The van der Waals surface area contributed by atoms with Crippen molar-refractivity contribution in [3.63, 3.8) is 0 Å². The van der Waals surface area contributed by atoms with Gasteiger partial charge in [-0.25, -0.2) is 0 Å². The number of aldehydes is 1. The lowest BCUT2D eigenvalue weighted by molar-refractivity contribution is -0.368. The van der Waals surface area contributed by atoms with Crippen LogP contribution in [0, 0.1) is 0 Å². The first kappa shape index (κ1) is 30.8. The monoisotopic (exact) mass is 582 g/mol. The fourth-order valence-corrected chi connectivity index (χ4v) is 5.22. The maximum absolute atomic E-state index is 11.9. The van der Waals surface area contributed by atoms with Crippen LogP contribution in [-0.4, -0.2) is 48.2 Å². The van der Waals surface area contributed by atoms with Gasteiger partial charge in [-0.3, -0.25) is 0 Å². The van der Waals surface area contributed by atoms with Crippen LogP contribution in [0.1, 0.15) is 28.7 Å². The number of hydrogen-bond acceptors (Lipinski definition) is 7. The van der Waals surface area contributed by atoms with E-state index in [1.165, 1.54) is 0 Å². The van der Waals surface area contributed by atoms with Crippen molar-refractivity contribution in [3.8, 4) is 0 Å². The SMILES string of the molecule is O=CC[C@]1(O)O[C@H](COCc2ccccc2)[C@@H](OCc2ccccc2)[C@H](OCc2ccccc2)[C@H]1OCc1ccccc1. The molecule has 0 spiro atoms. The molecule has 0 amide bonds. The van der Waals surface area contributed by atoms with Gasteiger partial charge in [0.25, 0.3) is 0 Å². The summed E-state index contributed by atoms with van der Waals surface area (Å²) in [6.07, 6.45) is -2.94. The quantitative estimate of drug-likeness (QED) is 0.182. The maximum Gasteiger partial charge on any atom is 0.202 e. The molecule has 43 heavy (non-hydrogen) atoms. The number of carbonyl (C=O) groups excluding carboxylic acids is 1. The smallest absolute Gasteiger partial charge is 0.202 e. The van der Waals surface area contributed by atoms with Crippen LogP contribution in [0.15, 0.2) is 121 Å². The van der Waals surface area contributed by atoms with Crippen molar-refractivity contribution in [1.29, 1.82) is 0 Å². The van der Waals surface area contributed by atoms with Gasteiger partial charge in [0, 0.05) is 0 Å². The Balaban J connectivity index is 1.44. The van der Waals surface area contributed by atoms with Gasteiger partial charge in [-0.1, -0.05) is 121 Å². The zero-order valence-corrected chi connectivity index (χ0v) is 24.1. The number of carbonyl (C=O) groups is 1. The van der Waals surface area contributed by atoms with E-state index >= 15 is 0 Å². The molecule has 224 valence electrons.